The Morgan fingerprint density at radius 1 is 0.400 bits per heavy atom. The predicted octanol–water partition coefficient (Wildman–Crippen LogP) is 16.3. The Bertz CT molecular complexity index is 729. The minimum Gasteiger partial charge on any atom is -0.465 e. The van der Waals surface area contributed by atoms with Crippen LogP contribution in [0.2, 0.25) is 0 Å². The normalized spacial score (nSPS) is 12.8. The van der Waals surface area contributed by atoms with E-state index in [0.29, 0.717) is 25.6 Å². The summed E-state index contributed by atoms with van der Waals surface area (Å²) in [6.45, 7) is 13.7. The number of carbonyl (C=O) groups is 1. The van der Waals surface area contributed by atoms with Gasteiger partial charge in [-0.05, 0) is 76.4 Å². The van der Waals surface area contributed by atoms with Gasteiger partial charge in [0.25, 0.3) is 0 Å². The van der Waals surface area contributed by atoms with Crippen LogP contribution in [0, 0.1) is 11.8 Å². The summed E-state index contributed by atoms with van der Waals surface area (Å²) in [6, 6.07) is 0. The molecule has 0 aromatic carbocycles. The van der Waals surface area contributed by atoms with Gasteiger partial charge in [-0.3, -0.25) is 4.79 Å². The summed E-state index contributed by atoms with van der Waals surface area (Å²) >= 11 is 0. The van der Waals surface area contributed by atoms with Crippen LogP contribution in [0.4, 0.5) is 0 Å². The zero-order valence-electron chi connectivity index (χ0n) is 38.5. The topological polar surface area (TPSA) is 49.8 Å². The van der Waals surface area contributed by atoms with Crippen molar-refractivity contribution in [3.8, 4) is 0 Å². The lowest BCUT2D eigenvalue weighted by Gasteiger charge is -2.22. The SMILES string of the molecule is CCCCCCCCC(CCCCCC)CCCCCCCCN(CCCCO)CCCCCCCC(=O)OCC(CCCCCC)CCCCCCCC. The summed E-state index contributed by atoms with van der Waals surface area (Å²) in [5.41, 5.74) is 0. The molecule has 55 heavy (non-hydrogen) atoms. The van der Waals surface area contributed by atoms with Gasteiger partial charge in [-0.2, -0.15) is 0 Å². The van der Waals surface area contributed by atoms with Gasteiger partial charge in [-0.1, -0.05) is 227 Å². The third-order valence-electron chi connectivity index (χ3n) is 12.4. The maximum atomic E-state index is 12.6. The second-order valence-corrected chi connectivity index (χ2v) is 17.9. The number of carbonyl (C=O) groups excluding carboxylic acids is 1. The van der Waals surface area contributed by atoms with Crippen LogP contribution >= 0.6 is 0 Å². The van der Waals surface area contributed by atoms with Crippen molar-refractivity contribution in [2.75, 3.05) is 32.8 Å². The molecule has 0 rings (SSSR count). The number of rotatable bonds is 47. The maximum absolute atomic E-state index is 12.6. The van der Waals surface area contributed by atoms with E-state index in [2.05, 4.69) is 32.6 Å². The molecule has 0 radical (unpaired) electrons. The number of aliphatic hydroxyl groups excluding tert-OH is 1. The molecule has 4 nitrogen and oxygen atoms in total. The Hall–Kier alpha value is -0.610. The van der Waals surface area contributed by atoms with Crippen LogP contribution in [0.25, 0.3) is 0 Å². The van der Waals surface area contributed by atoms with Gasteiger partial charge >= 0.3 is 5.97 Å². The van der Waals surface area contributed by atoms with Crippen molar-refractivity contribution in [1.29, 1.82) is 0 Å². The van der Waals surface area contributed by atoms with E-state index >= 15 is 0 Å². The lowest BCUT2D eigenvalue weighted by atomic mass is 9.89. The summed E-state index contributed by atoms with van der Waals surface area (Å²) in [4.78, 5) is 15.2. The Labute approximate surface area is 347 Å². The molecule has 1 N–H and O–H groups in total. The third kappa shape index (κ3) is 41.4. The van der Waals surface area contributed by atoms with E-state index in [9.17, 15) is 9.90 Å². The quantitative estimate of drug-likeness (QED) is 0.0494. The third-order valence-corrected chi connectivity index (χ3v) is 12.4. The van der Waals surface area contributed by atoms with Gasteiger partial charge in [0.05, 0.1) is 6.61 Å². The smallest absolute Gasteiger partial charge is 0.305 e. The first kappa shape index (κ1) is 54.4. The van der Waals surface area contributed by atoms with Crippen LogP contribution in [0.3, 0.4) is 0 Å². The van der Waals surface area contributed by atoms with Gasteiger partial charge in [0.1, 0.15) is 0 Å². The van der Waals surface area contributed by atoms with E-state index in [0.717, 1.165) is 38.1 Å². The van der Waals surface area contributed by atoms with Gasteiger partial charge in [-0.25, -0.2) is 0 Å². The second kappa shape index (κ2) is 46.1. The molecule has 0 amide bonds. The molecule has 0 heterocycles. The van der Waals surface area contributed by atoms with Crippen molar-refractivity contribution >= 4 is 5.97 Å². The minimum absolute atomic E-state index is 0.0297. The molecule has 330 valence electrons. The minimum atomic E-state index is 0.0297. The van der Waals surface area contributed by atoms with Crippen LogP contribution in [0.15, 0.2) is 0 Å². The molecule has 0 aliphatic carbocycles. The number of nitrogens with zero attached hydrogens (tertiary/aromatic N) is 1. The second-order valence-electron chi connectivity index (χ2n) is 17.9. The van der Waals surface area contributed by atoms with E-state index in [1.807, 2.05) is 0 Å². The molecule has 2 atom stereocenters. The van der Waals surface area contributed by atoms with Crippen LogP contribution in [0.1, 0.15) is 278 Å². The van der Waals surface area contributed by atoms with Crippen molar-refractivity contribution in [2.24, 2.45) is 11.8 Å². The van der Waals surface area contributed by atoms with Crippen LogP contribution in [-0.2, 0) is 9.53 Å². The molecular weight excluding hydrogens is 675 g/mol. The number of aliphatic hydroxyl groups is 1. The van der Waals surface area contributed by atoms with Crippen LogP contribution in [0.5, 0.6) is 0 Å². The Morgan fingerprint density at radius 3 is 1.11 bits per heavy atom. The van der Waals surface area contributed by atoms with Crippen molar-refractivity contribution in [1.82, 2.24) is 4.90 Å². The fourth-order valence-electron chi connectivity index (χ4n) is 8.57. The van der Waals surface area contributed by atoms with E-state index in [1.165, 1.54) is 231 Å². The van der Waals surface area contributed by atoms with Gasteiger partial charge in [-0.15, -0.1) is 0 Å². The predicted molar refractivity (Wildman–Crippen MR) is 244 cm³/mol. The van der Waals surface area contributed by atoms with Gasteiger partial charge < -0.3 is 14.7 Å². The zero-order valence-corrected chi connectivity index (χ0v) is 38.5. The summed E-state index contributed by atoms with van der Waals surface area (Å²) in [5.74, 6) is 1.57. The van der Waals surface area contributed by atoms with Crippen molar-refractivity contribution in [3.63, 3.8) is 0 Å². The first-order chi connectivity index (χ1) is 27.1. The number of unbranched alkanes of at least 4 members (excludes halogenated alkanes) is 26. The first-order valence-corrected chi connectivity index (χ1v) is 25.6. The molecule has 0 aliphatic rings. The Kier molecular flexibility index (Phi) is 45.6. The molecule has 0 bridgehead atoms. The monoisotopic (exact) mass is 778 g/mol. The fourth-order valence-corrected chi connectivity index (χ4v) is 8.57. The van der Waals surface area contributed by atoms with Crippen molar-refractivity contribution in [2.45, 2.75) is 278 Å². The van der Waals surface area contributed by atoms with E-state index in [-0.39, 0.29) is 5.97 Å². The molecule has 0 saturated carbocycles. The zero-order chi connectivity index (χ0) is 40.1. The summed E-state index contributed by atoms with van der Waals surface area (Å²) in [6.07, 6.45) is 51.2. The van der Waals surface area contributed by atoms with Crippen LogP contribution < -0.4 is 0 Å². The molecule has 0 aliphatic heterocycles. The first-order valence-electron chi connectivity index (χ1n) is 25.6. The number of esters is 1. The average molecular weight is 778 g/mol. The highest BCUT2D eigenvalue weighted by atomic mass is 16.5. The van der Waals surface area contributed by atoms with Gasteiger partial charge in [0.15, 0.2) is 0 Å². The molecule has 2 unspecified atom stereocenters. The summed E-state index contributed by atoms with van der Waals surface area (Å²) in [5, 5.41) is 9.34. The molecular formula is C51H103NO3. The molecule has 0 fully saturated rings. The van der Waals surface area contributed by atoms with Gasteiger partial charge in [0.2, 0.25) is 0 Å². The average Bonchev–Trinajstić information content (AvgIpc) is 3.19. The Balaban J connectivity index is 4.19. The molecule has 0 aromatic rings. The lowest BCUT2D eigenvalue weighted by Crippen LogP contribution is -2.27. The van der Waals surface area contributed by atoms with E-state index in [4.69, 9.17) is 4.74 Å². The maximum Gasteiger partial charge on any atom is 0.305 e. The molecule has 0 spiro atoms. The van der Waals surface area contributed by atoms with E-state index in [1.54, 1.807) is 0 Å². The molecule has 4 heteroatoms. The van der Waals surface area contributed by atoms with Gasteiger partial charge in [0, 0.05) is 13.0 Å². The highest BCUT2D eigenvalue weighted by molar-refractivity contribution is 5.69. The summed E-state index contributed by atoms with van der Waals surface area (Å²) < 4.78 is 5.83. The van der Waals surface area contributed by atoms with E-state index < -0.39 is 0 Å². The number of hydrogen-bond acceptors (Lipinski definition) is 4. The highest BCUT2D eigenvalue weighted by Gasteiger charge is 2.13. The molecule has 0 aromatic heterocycles. The Morgan fingerprint density at radius 2 is 0.709 bits per heavy atom. The fraction of sp³-hybridized carbons (Fsp3) is 0.980. The standard InChI is InChI=1S/C51H103NO3/c1-5-9-13-17-22-30-39-49(38-28-15-11-7-3)40-31-24-19-20-26-34-44-52(46-36-37-47-53)45-35-27-21-25-33-43-51(54)55-48-50(41-29-16-12-8-4)42-32-23-18-14-10-6-2/h49-50,53H,5-48H2,1-4H3. The van der Waals surface area contributed by atoms with Crippen molar-refractivity contribution < 1.29 is 14.6 Å². The molecule has 0 saturated heterocycles. The lowest BCUT2D eigenvalue weighted by molar-refractivity contribution is -0.145. The number of ether oxygens (including phenoxy) is 1. The summed E-state index contributed by atoms with van der Waals surface area (Å²) in [7, 11) is 0. The van der Waals surface area contributed by atoms with Crippen molar-refractivity contribution in [3.05, 3.63) is 0 Å². The number of hydrogen-bond donors (Lipinski definition) is 1. The highest BCUT2D eigenvalue weighted by Crippen LogP contribution is 2.25. The van der Waals surface area contributed by atoms with Crippen LogP contribution in [-0.4, -0.2) is 48.8 Å². The largest absolute Gasteiger partial charge is 0.465 e.